The molecule has 202 valence electrons. The topological polar surface area (TPSA) is 89.2 Å². The first-order valence-corrected chi connectivity index (χ1v) is 13.3. The number of nitrogens with zero attached hydrogens (tertiary/aromatic N) is 7. The highest BCUT2D eigenvalue weighted by molar-refractivity contribution is 7.89. The van der Waals surface area contributed by atoms with Crippen LogP contribution in [0, 0.1) is 12.7 Å². The van der Waals surface area contributed by atoms with E-state index in [0.717, 1.165) is 27.5 Å². The average Bonchev–Trinajstić information content (AvgIpc) is 3.48. The maximum atomic E-state index is 13.4. The van der Waals surface area contributed by atoms with Crippen LogP contribution in [0.2, 0.25) is 0 Å². The number of aromatic nitrogens is 5. The molecule has 0 bridgehead atoms. The molecule has 0 saturated carbocycles. The second kappa shape index (κ2) is 9.75. The van der Waals surface area contributed by atoms with Gasteiger partial charge in [-0.2, -0.15) is 32.5 Å². The number of aryl methyl sites for hydroxylation is 2. The van der Waals surface area contributed by atoms with Crippen molar-refractivity contribution in [2.75, 3.05) is 26.2 Å². The summed E-state index contributed by atoms with van der Waals surface area (Å²) >= 11 is 0. The number of hydrogen-bond donors (Lipinski definition) is 0. The maximum Gasteiger partial charge on any atom is 0.390 e. The van der Waals surface area contributed by atoms with Gasteiger partial charge < -0.3 is 0 Å². The molecule has 4 aromatic rings. The number of alkyl halides is 3. The first-order chi connectivity index (χ1) is 17.9. The summed E-state index contributed by atoms with van der Waals surface area (Å²) in [4.78, 5) is 2.82. The van der Waals surface area contributed by atoms with E-state index < -0.39 is 28.7 Å². The summed E-state index contributed by atoms with van der Waals surface area (Å²) < 4.78 is 82.2. The van der Waals surface area contributed by atoms with Crippen molar-refractivity contribution >= 4 is 20.9 Å². The van der Waals surface area contributed by atoms with Crippen LogP contribution in [-0.4, -0.2) is 74.8 Å². The third-order valence-corrected chi connectivity index (χ3v) is 8.43. The van der Waals surface area contributed by atoms with E-state index in [-0.39, 0.29) is 37.0 Å². The van der Waals surface area contributed by atoms with Crippen LogP contribution in [0.3, 0.4) is 0 Å². The Kier molecular flexibility index (Phi) is 6.73. The van der Waals surface area contributed by atoms with Gasteiger partial charge in [-0.1, -0.05) is 0 Å². The predicted octanol–water partition coefficient (Wildman–Crippen LogP) is 3.60. The fourth-order valence-electron chi connectivity index (χ4n) is 4.77. The number of halogens is 4. The van der Waals surface area contributed by atoms with Gasteiger partial charge >= 0.3 is 6.18 Å². The van der Waals surface area contributed by atoms with Crippen molar-refractivity contribution in [2.24, 2.45) is 7.05 Å². The van der Waals surface area contributed by atoms with Gasteiger partial charge in [0.25, 0.3) is 10.0 Å². The fourth-order valence-corrected chi connectivity index (χ4v) is 6.09. The van der Waals surface area contributed by atoms with E-state index in [0.29, 0.717) is 11.3 Å². The van der Waals surface area contributed by atoms with Crippen molar-refractivity contribution in [1.29, 1.82) is 0 Å². The molecule has 0 spiro atoms. The van der Waals surface area contributed by atoms with Crippen LogP contribution in [0.15, 0.2) is 53.8 Å². The first kappa shape index (κ1) is 26.3. The molecule has 0 radical (unpaired) electrons. The summed E-state index contributed by atoms with van der Waals surface area (Å²) in [7, 11) is -2.50. The van der Waals surface area contributed by atoms with Gasteiger partial charge in [-0.25, -0.2) is 17.5 Å². The molecular weight excluding hydrogens is 526 g/mol. The molecule has 1 aliphatic rings. The molecule has 0 aliphatic carbocycles. The maximum absolute atomic E-state index is 13.4. The SMILES string of the molecule is Cc1cc2c(cnn2-c2ccc(F)cc2)cc1[C@H]1CN(S(=O)(=O)c2cnn(C)n2)CCN1CCC(F)(F)F. The smallest absolute Gasteiger partial charge is 0.293 e. The minimum atomic E-state index is -4.34. The van der Waals surface area contributed by atoms with Gasteiger partial charge in [0, 0.05) is 44.7 Å². The monoisotopic (exact) mass is 551 g/mol. The Morgan fingerprint density at radius 2 is 1.79 bits per heavy atom. The lowest BCUT2D eigenvalue weighted by Crippen LogP contribution is -2.51. The molecule has 3 heterocycles. The average molecular weight is 552 g/mol. The molecule has 38 heavy (non-hydrogen) atoms. The number of rotatable bonds is 6. The van der Waals surface area contributed by atoms with E-state index in [9.17, 15) is 26.0 Å². The molecule has 0 N–H and O–H groups in total. The molecule has 1 atom stereocenters. The fraction of sp³-hybridized carbons (Fsp3) is 0.375. The van der Waals surface area contributed by atoms with Gasteiger partial charge in [-0.3, -0.25) is 4.90 Å². The van der Waals surface area contributed by atoms with Crippen LogP contribution in [0.25, 0.3) is 16.6 Å². The lowest BCUT2D eigenvalue weighted by atomic mass is 9.96. The Bertz CT molecular complexity index is 1560. The largest absolute Gasteiger partial charge is 0.390 e. The number of sulfonamides is 1. The Balaban J connectivity index is 1.52. The minimum absolute atomic E-state index is 0.0249. The van der Waals surface area contributed by atoms with Crippen LogP contribution in [-0.2, 0) is 17.1 Å². The molecule has 2 aromatic carbocycles. The normalized spacial score (nSPS) is 17.9. The van der Waals surface area contributed by atoms with Crippen LogP contribution in [0.4, 0.5) is 17.6 Å². The summed E-state index contributed by atoms with van der Waals surface area (Å²) in [6.45, 7) is 1.66. The van der Waals surface area contributed by atoms with Crippen LogP contribution in [0.5, 0.6) is 0 Å². The van der Waals surface area contributed by atoms with Gasteiger partial charge in [-0.15, -0.1) is 5.10 Å². The zero-order valence-corrected chi connectivity index (χ0v) is 21.4. The Morgan fingerprint density at radius 1 is 1.05 bits per heavy atom. The van der Waals surface area contributed by atoms with E-state index in [2.05, 4.69) is 15.3 Å². The number of fused-ring (bicyclic) bond motifs is 1. The number of hydrogen-bond acceptors (Lipinski definition) is 6. The molecule has 1 aliphatic heterocycles. The van der Waals surface area contributed by atoms with Gasteiger partial charge in [0.1, 0.15) is 5.82 Å². The quantitative estimate of drug-likeness (QED) is 0.341. The third kappa shape index (κ3) is 5.15. The van der Waals surface area contributed by atoms with Crippen LogP contribution in [0.1, 0.15) is 23.6 Å². The molecule has 0 amide bonds. The van der Waals surface area contributed by atoms with Crippen molar-refractivity contribution in [3.05, 3.63) is 65.7 Å². The molecule has 0 unspecified atom stereocenters. The lowest BCUT2D eigenvalue weighted by Gasteiger charge is -2.41. The molecule has 2 aromatic heterocycles. The van der Waals surface area contributed by atoms with Crippen molar-refractivity contribution in [2.45, 2.75) is 30.6 Å². The summed E-state index contributed by atoms with van der Waals surface area (Å²) in [5.41, 5.74) is 2.86. The lowest BCUT2D eigenvalue weighted by molar-refractivity contribution is -0.140. The highest BCUT2D eigenvalue weighted by atomic mass is 32.2. The van der Waals surface area contributed by atoms with Crippen molar-refractivity contribution < 1.29 is 26.0 Å². The van der Waals surface area contributed by atoms with Crippen molar-refractivity contribution in [1.82, 2.24) is 34.0 Å². The second-order valence-corrected chi connectivity index (χ2v) is 11.1. The predicted molar refractivity (Wildman–Crippen MR) is 131 cm³/mol. The van der Waals surface area contributed by atoms with Gasteiger partial charge in [0.15, 0.2) is 0 Å². The summed E-state index contributed by atoms with van der Waals surface area (Å²) in [5, 5.41) is 12.7. The van der Waals surface area contributed by atoms with Gasteiger partial charge in [0.2, 0.25) is 5.03 Å². The van der Waals surface area contributed by atoms with Crippen LogP contribution >= 0.6 is 0 Å². The molecular formula is C24H25F4N7O2S. The highest BCUT2D eigenvalue weighted by Gasteiger charge is 2.38. The first-order valence-electron chi connectivity index (χ1n) is 11.8. The summed E-state index contributed by atoms with van der Waals surface area (Å²) in [6.07, 6.45) is -2.58. The Labute approximate surface area is 216 Å². The van der Waals surface area contributed by atoms with E-state index in [4.69, 9.17) is 0 Å². The third-order valence-electron chi connectivity index (χ3n) is 6.71. The van der Waals surface area contributed by atoms with Gasteiger partial charge in [0.05, 0.1) is 30.0 Å². The Hall–Kier alpha value is -3.36. The molecule has 1 fully saturated rings. The summed E-state index contributed by atoms with van der Waals surface area (Å²) in [6, 6.07) is 8.92. The zero-order chi connectivity index (χ0) is 27.2. The van der Waals surface area contributed by atoms with E-state index in [1.54, 1.807) is 27.9 Å². The number of piperazine rings is 1. The number of benzene rings is 2. The summed E-state index contributed by atoms with van der Waals surface area (Å²) in [5.74, 6) is -0.374. The molecule has 1 saturated heterocycles. The minimum Gasteiger partial charge on any atom is -0.293 e. The van der Waals surface area contributed by atoms with Crippen molar-refractivity contribution in [3.8, 4) is 5.69 Å². The van der Waals surface area contributed by atoms with Gasteiger partial charge in [-0.05, 0) is 54.4 Å². The zero-order valence-electron chi connectivity index (χ0n) is 20.6. The van der Waals surface area contributed by atoms with E-state index in [1.807, 2.05) is 19.1 Å². The highest BCUT2D eigenvalue weighted by Crippen LogP contribution is 2.34. The standard InChI is InChI=1S/C24H25F4N7O2S/c1-16-11-21-17(13-30-35(21)19-5-3-18(25)4-6-19)12-20(16)22-15-34(10-9-33(22)8-7-24(26,27)28)38(36,37)23-14-29-32(2)31-23/h3-6,11-14,22H,7-10,15H2,1-2H3/t22-/m1/s1. The van der Waals surface area contributed by atoms with E-state index >= 15 is 0 Å². The molecule has 5 rings (SSSR count). The molecule has 14 heteroatoms. The van der Waals surface area contributed by atoms with Crippen LogP contribution < -0.4 is 0 Å². The van der Waals surface area contributed by atoms with E-state index in [1.165, 1.54) is 23.5 Å². The molecule has 9 nitrogen and oxygen atoms in total. The van der Waals surface area contributed by atoms with Crippen molar-refractivity contribution in [3.63, 3.8) is 0 Å². The Morgan fingerprint density at radius 3 is 2.45 bits per heavy atom. The second-order valence-electron chi connectivity index (χ2n) is 9.25.